The zero-order valence-electron chi connectivity index (χ0n) is 20.6. The summed E-state index contributed by atoms with van der Waals surface area (Å²) in [5.74, 6) is -1.86. The predicted octanol–water partition coefficient (Wildman–Crippen LogP) is 5.77. The third-order valence-corrected chi connectivity index (χ3v) is 8.67. The number of likely N-dealkylation sites (tertiary alicyclic amines) is 1. The van der Waals surface area contributed by atoms with Crippen LogP contribution >= 0.6 is 11.6 Å². The van der Waals surface area contributed by atoms with Crippen molar-refractivity contribution in [3.63, 3.8) is 0 Å². The highest BCUT2D eigenvalue weighted by molar-refractivity contribution is 8.00. The van der Waals surface area contributed by atoms with Gasteiger partial charge in [0.1, 0.15) is 11.6 Å². The van der Waals surface area contributed by atoms with Gasteiger partial charge in [0.15, 0.2) is 9.84 Å². The molecule has 2 heterocycles. The Morgan fingerprint density at radius 1 is 0.973 bits per heavy atom. The molecule has 2 aliphatic rings. The summed E-state index contributed by atoms with van der Waals surface area (Å²) in [5.41, 5.74) is 3.83. The molecule has 0 aromatic heterocycles. The van der Waals surface area contributed by atoms with E-state index in [2.05, 4.69) is 34.5 Å². The minimum Gasteiger partial charge on any atom is -0.305 e. The van der Waals surface area contributed by atoms with Gasteiger partial charge < -0.3 is 5.32 Å². The largest absolute Gasteiger partial charge is 0.305 e. The summed E-state index contributed by atoms with van der Waals surface area (Å²) in [6.07, 6.45) is 3.55. The molecule has 4 nitrogen and oxygen atoms in total. The maximum atomic E-state index is 14.1. The van der Waals surface area contributed by atoms with Gasteiger partial charge in [-0.2, -0.15) is 0 Å². The van der Waals surface area contributed by atoms with E-state index >= 15 is 0 Å². The van der Waals surface area contributed by atoms with Crippen LogP contribution in [0.15, 0.2) is 72.3 Å². The molecule has 0 aliphatic carbocycles. The third kappa shape index (κ3) is 5.80. The van der Waals surface area contributed by atoms with Crippen molar-refractivity contribution in [2.45, 2.75) is 31.3 Å². The lowest BCUT2D eigenvalue weighted by molar-refractivity contribution is 0.331. The van der Waals surface area contributed by atoms with Crippen molar-refractivity contribution in [3.8, 4) is 0 Å². The van der Waals surface area contributed by atoms with Crippen molar-refractivity contribution < 1.29 is 17.2 Å². The summed E-state index contributed by atoms with van der Waals surface area (Å²) in [6, 6.07) is 18.4. The minimum absolute atomic E-state index is 0.0253. The van der Waals surface area contributed by atoms with Crippen LogP contribution in [-0.4, -0.2) is 45.2 Å². The fourth-order valence-electron chi connectivity index (χ4n) is 5.46. The maximum absolute atomic E-state index is 14.1. The first-order valence-corrected chi connectivity index (χ1v) is 14.7. The molecule has 2 aliphatic heterocycles. The van der Waals surface area contributed by atoms with Crippen molar-refractivity contribution >= 4 is 26.3 Å². The Bertz CT molecular complexity index is 1400. The minimum atomic E-state index is -3.79. The summed E-state index contributed by atoms with van der Waals surface area (Å²) in [5, 5.41) is 3.99. The first-order chi connectivity index (χ1) is 17.7. The highest BCUT2D eigenvalue weighted by Crippen LogP contribution is 2.40. The molecule has 2 atom stereocenters. The molecule has 0 spiro atoms. The number of nitrogens with zero attached hydrogens (tertiary/aromatic N) is 1. The van der Waals surface area contributed by atoms with E-state index in [4.69, 9.17) is 11.6 Å². The van der Waals surface area contributed by atoms with Crippen LogP contribution in [-0.2, 0) is 16.4 Å². The average molecular weight is 543 g/mol. The molecule has 3 aromatic rings. The van der Waals surface area contributed by atoms with E-state index in [1.165, 1.54) is 18.4 Å². The van der Waals surface area contributed by atoms with E-state index in [0.29, 0.717) is 17.1 Å². The smallest absolute Gasteiger partial charge is 0.176 e. The predicted molar refractivity (Wildman–Crippen MR) is 144 cm³/mol. The van der Waals surface area contributed by atoms with Crippen molar-refractivity contribution in [2.24, 2.45) is 0 Å². The molecule has 0 saturated carbocycles. The van der Waals surface area contributed by atoms with Gasteiger partial charge in [-0.15, -0.1) is 0 Å². The van der Waals surface area contributed by atoms with Gasteiger partial charge in [0.05, 0.1) is 4.91 Å². The molecule has 0 radical (unpaired) electrons. The van der Waals surface area contributed by atoms with E-state index in [1.54, 1.807) is 0 Å². The second kappa shape index (κ2) is 10.7. The van der Waals surface area contributed by atoms with Gasteiger partial charge in [0.25, 0.3) is 0 Å². The number of nitrogens with one attached hydrogen (secondary N) is 1. The highest BCUT2D eigenvalue weighted by atomic mass is 35.5. The molecular formula is C29H29ClF2N2O2S. The first kappa shape index (κ1) is 26.0. The summed E-state index contributed by atoms with van der Waals surface area (Å²) >= 11 is 6.16. The molecule has 2 saturated heterocycles. The van der Waals surface area contributed by atoms with Gasteiger partial charge in [-0.1, -0.05) is 48.0 Å². The Labute approximate surface area is 221 Å². The number of sulfone groups is 1. The van der Waals surface area contributed by atoms with Crippen LogP contribution in [0.5, 0.6) is 0 Å². The molecule has 3 aromatic carbocycles. The number of benzene rings is 3. The normalized spacial score (nSPS) is 20.5. The standard InChI is InChI=1S/C29H29ClF2N2O2S/c1-37(35,36)29(22-14-24(31)16-25(32)15-22)26-17-33-28(26)27(21-8-10-23(30)11-9-21)20-6-4-19(5-7-20)18-34-12-2-3-13-34/h4-11,14-16,27-28,33H,2-3,12-13,17-18H2,1H3/t27?,28-/m0/s1. The van der Waals surface area contributed by atoms with Crippen molar-refractivity contribution in [2.75, 3.05) is 25.9 Å². The van der Waals surface area contributed by atoms with E-state index in [9.17, 15) is 17.2 Å². The van der Waals surface area contributed by atoms with Crippen LogP contribution in [0.4, 0.5) is 8.78 Å². The summed E-state index contributed by atoms with van der Waals surface area (Å²) in [6.45, 7) is 3.44. The number of hydrogen-bond acceptors (Lipinski definition) is 4. The van der Waals surface area contributed by atoms with Crippen molar-refractivity contribution in [1.82, 2.24) is 10.2 Å². The van der Waals surface area contributed by atoms with Crippen LogP contribution in [0.3, 0.4) is 0 Å². The molecule has 8 heteroatoms. The first-order valence-electron chi connectivity index (χ1n) is 12.4. The third-order valence-electron chi connectivity index (χ3n) is 7.18. The van der Waals surface area contributed by atoms with Gasteiger partial charge in [0, 0.05) is 42.4 Å². The van der Waals surface area contributed by atoms with E-state index in [0.717, 1.165) is 55.2 Å². The Kier molecular flexibility index (Phi) is 7.50. The fraction of sp³-hybridized carbons (Fsp3) is 0.310. The van der Waals surface area contributed by atoms with Gasteiger partial charge in [0.2, 0.25) is 0 Å². The monoisotopic (exact) mass is 542 g/mol. The molecule has 194 valence electrons. The van der Waals surface area contributed by atoms with Gasteiger partial charge in [-0.05, 0) is 78.0 Å². The van der Waals surface area contributed by atoms with Crippen LogP contribution in [0.1, 0.15) is 41.0 Å². The Morgan fingerprint density at radius 3 is 2.05 bits per heavy atom. The molecule has 1 unspecified atom stereocenters. The maximum Gasteiger partial charge on any atom is 0.176 e. The zero-order valence-corrected chi connectivity index (χ0v) is 22.1. The lowest BCUT2D eigenvalue weighted by Crippen LogP contribution is -2.51. The second-order valence-electron chi connectivity index (χ2n) is 9.90. The lowest BCUT2D eigenvalue weighted by atomic mass is 9.77. The van der Waals surface area contributed by atoms with Gasteiger partial charge in [-0.3, -0.25) is 4.90 Å². The summed E-state index contributed by atoms with van der Waals surface area (Å²) < 4.78 is 54.0. The van der Waals surface area contributed by atoms with Crippen LogP contribution in [0, 0.1) is 11.6 Å². The van der Waals surface area contributed by atoms with E-state index in [-0.39, 0.29) is 22.4 Å². The molecule has 37 heavy (non-hydrogen) atoms. The molecule has 2 fully saturated rings. The van der Waals surface area contributed by atoms with Crippen LogP contribution in [0.25, 0.3) is 4.91 Å². The molecule has 1 N–H and O–H groups in total. The fourth-order valence-corrected chi connectivity index (χ4v) is 6.81. The van der Waals surface area contributed by atoms with E-state index in [1.807, 2.05) is 24.3 Å². The number of rotatable bonds is 7. The topological polar surface area (TPSA) is 49.4 Å². The molecule has 5 rings (SSSR count). The summed E-state index contributed by atoms with van der Waals surface area (Å²) in [7, 11) is -3.79. The van der Waals surface area contributed by atoms with E-state index < -0.39 is 21.5 Å². The Morgan fingerprint density at radius 2 is 1.54 bits per heavy atom. The zero-order chi connectivity index (χ0) is 26.2. The average Bonchev–Trinajstić information content (AvgIpc) is 3.33. The lowest BCUT2D eigenvalue weighted by Gasteiger charge is -2.40. The second-order valence-corrected chi connectivity index (χ2v) is 12.3. The SMILES string of the molecule is CS(=O)(=O)C(=C1CN[C@@H]1C(c1ccc(Cl)cc1)c1ccc(CN2CCCC2)cc1)c1cc(F)cc(F)c1. The molecule has 0 bridgehead atoms. The number of hydrogen-bond donors (Lipinski definition) is 1. The van der Waals surface area contributed by atoms with Crippen LogP contribution < -0.4 is 5.32 Å². The Balaban J connectivity index is 1.57. The molecule has 0 amide bonds. The Hall–Kier alpha value is -2.58. The summed E-state index contributed by atoms with van der Waals surface area (Å²) in [4.78, 5) is 2.41. The highest BCUT2D eigenvalue weighted by Gasteiger charge is 2.38. The quantitative estimate of drug-likeness (QED) is 0.411. The molecular weight excluding hydrogens is 514 g/mol. The van der Waals surface area contributed by atoms with Crippen molar-refractivity contribution in [1.29, 1.82) is 0 Å². The van der Waals surface area contributed by atoms with Gasteiger partial charge in [-0.25, -0.2) is 17.2 Å². The number of halogens is 3. The van der Waals surface area contributed by atoms with Gasteiger partial charge >= 0.3 is 0 Å². The van der Waals surface area contributed by atoms with Crippen LogP contribution in [0.2, 0.25) is 5.02 Å². The van der Waals surface area contributed by atoms with Crippen molar-refractivity contribution in [3.05, 3.63) is 111 Å².